The maximum absolute atomic E-state index is 12.4. The number of carbonyl (C=O) groups is 1. The average Bonchev–Trinajstić information content (AvgIpc) is 3.21. The van der Waals surface area contributed by atoms with Crippen LogP contribution in [-0.2, 0) is 9.53 Å². The number of para-hydroxylation sites is 1. The molecule has 1 amide bonds. The van der Waals surface area contributed by atoms with Crippen molar-refractivity contribution in [2.24, 2.45) is 0 Å². The molecule has 6 heteroatoms. The fraction of sp³-hybridized carbons (Fsp3) is 0.524. The molecular formula is C21H28N2O3S. The van der Waals surface area contributed by atoms with Crippen molar-refractivity contribution in [3.63, 3.8) is 0 Å². The summed E-state index contributed by atoms with van der Waals surface area (Å²) in [5, 5.41) is 3.27. The molecule has 1 aromatic heterocycles. The summed E-state index contributed by atoms with van der Waals surface area (Å²) in [6, 6.07) is 7.98. The van der Waals surface area contributed by atoms with Gasteiger partial charge in [0.1, 0.15) is 5.75 Å². The molecule has 2 heterocycles. The zero-order chi connectivity index (χ0) is 19.2. The molecule has 0 saturated carbocycles. The van der Waals surface area contributed by atoms with Gasteiger partial charge in [0, 0.05) is 43.5 Å². The minimum atomic E-state index is 0.134. The lowest BCUT2D eigenvalue weighted by Crippen LogP contribution is -2.38. The van der Waals surface area contributed by atoms with Crippen molar-refractivity contribution in [1.82, 2.24) is 9.88 Å². The van der Waals surface area contributed by atoms with Gasteiger partial charge in [-0.15, -0.1) is 11.3 Å². The normalized spacial score (nSPS) is 16.3. The highest BCUT2D eigenvalue weighted by Gasteiger charge is 2.26. The Morgan fingerprint density at radius 1 is 1.30 bits per heavy atom. The summed E-state index contributed by atoms with van der Waals surface area (Å²) in [4.78, 5) is 19.2. The Bertz CT molecular complexity index is 753. The molecule has 3 rings (SSSR count). The van der Waals surface area contributed by atoms with Crippen LogP contribution in [0, 0.1) is 0 Å². The lowest BCUT2D eigenvalue weighted by molar-refractivity contribution is -0.132. The average molecular weight is 389 g/mol. The molecule has 0 unspecified atom stereocenters. The maximum atomic E-state index is 12.4. The Labute approximate surface area is 165 Å². The van der Waals surface area contributed by atoms with E-state index in [4.69, 9.17) is 14.5 Å². The van der Waals surface area contributed by atoms with E-state index >= 15 is 0 Å². The minimum Gasteiger partial charge on any atom is -0.496 e. The summed E-state index contributed by atoms with van der Waals surface area (Å²) < 4.78 is 10.7. The van der Waals surface area contributed by atoms with Gasteiger partial charge in [-0.25, -0.2) is 4.98 Å². The molecule has 1 aromatic carbocycles. The number of hydrogen-bond donors (Lipinski definition) is 0. The van der Waals surface area contributed by atoms with Crippen molar-refractivity contribution in [1.29, 1.82) is 0 Å². The van der Waals surface area contributed by atoms with Gasteiger partial charge in [-0.3, -0.25) is 4.79 Å². The Hall–Kier alpha value is -1.92. The number of benzene rings is 1. The van der Waals surface area contributed by atoms with Crippen molar-refractivity contribution in [2.75, 3.05) is 27.3 Å². The molecule has 146 valence electrons. The molecule has 1 atom stereocenters. The number of nitrogens with zero attached hydrogens (tertiary/aromatic N) is 2. The van der Waals surface area contributed by atoms with Crippen LogP contribution in [0.2, 0.25) is 0 Å². The number of thiazole rings is 1. The van der Waals surface area contributed by atoms with E-state index in [1.165, 1.54) is 0 Å². The first-order valence-electron chi connectivity index (χ1n) is 9.51. The molecule has 5 nitrogen and oxygen atoms in total. The number of likely N-dealkylation sites (tertiary alicyclic amines) is 1. The summed E-state index contributed by atoms with van der Waals surface area (Å²) in [6.45, 7) is 3.63. The zero-order valence-corrected chi connectivity index (χ0v) is 17.1. The van der Waals surface area contributed by atoms with Crippen LogP contribution in [0.3, 0.4) is 0 Å². The van der Waals surface area contributed by atoms with Crippen molar-refractivity contribution in [3.8, 4) is 17.0 Å². The van der Waals surface area contributed by atoms with Crippen molar-refractivity contribution in [2.45, 2.75) is 44.6 Å². The molecule has 27 heavy (non-hydrogen) atoms. The highest BCUT2D eigenvalue weighted by molar-refractivity contribution is 7.10. The van der Waals surface area contributed by atoms with Gasteiger partial charge < -0.3 is 14.4 Å². The first-order chi connectivity index (χ1) is 13.1. The number of amides is 1. The number of rotatable bonds is 7. The number of piperidine rings is 1. The second-order valence-electron chi connectivity index (χ2n) is 7.01. The lowest BCUT2D eigenvalue weighted by atomic mass is 9.97. The SMILES string of the molecule is COc1ccccc1-c1csc(C2CCN(C(=O)CC[C@@H](C)OC)CC2)n1. The van der Waals surface area contributed by atoms with Gasteiger partial charge in [0.15, 0.2) is 0 Å². The summed E-state index contributed by atoms with van der Waals surface area (Å²) in [7, 11) is 3.38. The maximum Gasteiger partial charge on any atom is 0.222 e. The van der Waals surface area contributed by atoms with Gasteiger partial charge in [-0.05, 0) is 38.3 Å². The molecular weight excluding hydrogens is 360 g/mol. The predicted octanol–water partition coefficient (Wildman–Crippen LogP) is 4.34. The molecule has 0 spiro atoms. The fourth-order valence-electron chi connectivity index (χ4n) is 3.43. The van der Waals surface area contributed by atoms with Crippen LogP contribution >= 0.6 is 11.3 Å². The highest BCUT2D eigenvalue weighted by atomic mass is 32.1. The molecule has 1 saturated heterocycles. The van der Waals surface area contributed by atoms with Gasteiger partial charge in [-0.2, -0.15) is 0 Å². The van der Waals surface area contributed by atoms with E-state index in [9.17, 15) is 4.79 Å². The third-order valence-electron chi connectivity index (χ3n) is 5.27. The first kappa shape index (κ1) is 19.8. The van der Waals surface area contributed by atoms with Crippen LogP contribution in [0.4, 0.5) is 0 Å². The molecule has 1 fully saturated rings. The zero-order valence-electron chi connectivity index (χ0n) is 16.3. The van der Waals surface area contributed by atoms with E-state index in [1.54, 1.807) is 25.6 Å². The topological polar surface area (TPSA) is 51.7 Å². The number of aromatic nitrogens is 1. The Morgan fingerprint density at radius 3 is 2.74 bits per heavy atom. The molecule has 0 radical (unpaired) electrons. The van der Waals surface area contributed by atoms with Crippen LogP contribution in [0.15, 0.2) is 29.6 Å². The second-order valence-corrected chi connectivity index (χ2v) is 7.90. The number of hydrogen-bond acceptors (Lipinski definition) is 5. The molecule has 0 N–H and O–H groups in total. The van der Waals surface area contributed by atoms with Crippen LogP contribution in [0.1, 0.15) is 43.5 Å². The summed E-state index contributed by atoms with van der Waals surface area (Å²) in [5.74, 6) is 1.52. The van der Waals surface area contributed by atoms with Crippen molar-refractivity contribution >= 4 is 17.2 Å². The molecule has 0 bridgehead atoms. The van der Waals surface area contributed by atoms with E-state index in [0.717, 1.165) is 54.4 Å². The van der Waals surface area contributed by atoms with Crippen LogP contribution in [0.5, 0.6) is 5.75 Å². The van der Waals surface area contributed by atoms with Gasteiger partial charge in [-0.1, -0.05) is 12.1 Å². The predicted molar refractivity (Wildman–Crippen MR) is 108 cm³/mol. The molecule has 0 aliphatic carbocycles. The lowest BCUT2D eigenvalue weighted by Gasteiger charge is -2.31. The number of methoxy groups -OCH3 is 2. The molecule has 2 aromatic rings. The largest absolute Gasteiger partial charge is 0.496 e. The van der Waals surface area contributed by atoms with Crippen LogP contribution in [0.25, 0.3) is 11.3 Å². The molecule has 1 aliphatic heterocycles. The smallest absolute Gasteiger partial charge is 0.222 e. The van der Waals surface area contributed by atoms with E-state index < -0.39 is 0 Å². The van der Waals surface area contributed by atoms with E-state index in [2.05, 4.69) is 5.38 Å². The molecule has 1 aliphatic rings. The third-order valence-corrected chi connectivity index (χ3v) is 6.28. The number of ether oxygens (including phenoxy) is 2. The van der Waals surface area contributed by atoms with Crippen molar-refractivity contribution < 1.29 is 14.3 Å². The monoisotopic (exact) mass is 388 g/mol. The Kier molecular flexibility index (Phi) is 6.85. The van der Waals surface area contributed by atoms with Gasteiger partial charge in [0.25, 0.3) is 0 Å². The first-order valence-corrected chi connectivity index (χ1v) is 10.4. The van der Waals surface area contributed by atoms with E-state index in [-0.39, 0.29) is 12.0 Å². The number of carbonyl (C=O) groups excluding carboxylic acids is 1. The standard InChI is InChI=1S/C21H28N2O3S/c1-15(25-2)8-9-20(24)23-12-10-16(11-13-23)21-22-18(14-27-21)17-6-4-5-7-19(17)26-3/h4-7,14-16H,8-13H2,1-3H3/t15-/m1/s1. The van der Waals surface area contributed by atoms with E-state index in [1.807, 2.05) is 36.1 Å². The summed E-state index contributed by atoms with van der Waals surface area (Å²) >= 11 is 1.71. The van der Waals surface area contributed by atoms with Gasteiger partial charge in [0.05, 0.1) is 23.9 Å². The Morgan fingerprint density at radius 2 is 2.04 bits per heavy atom. The van der Waals surface area contributed by atoms with Gasteiger partial charge in [0.2, 0.25) is 5.91 Å². The fourth-order valence-corrected chi connectivity index (χ4v) is 4.42. The second kappa shape index (κ2) is 9.33. The minimum absolute atomic E-state index is 0.134. The van der Waals surface area contributed by atoms with Crippen LogP contribution in [-0.4, -0.2) is 49.2 Å². The summed E-state index contributed by atoms with van der Waals surface area (Å²) in [5.41, 5.74) is 2.00. The van der Waals surface area contributed by atoms with Crippen LogP contribution < -0.4 is 4.74 Å². The van der Waals surface area contributed by atoms with Gasteiger partial charge >= 0.3 is 0 Å². The quantitative estimate of drug-likeness (QED) is 0.708. The highest BCUT2D eigenvalue weighted by Crippen LogP contribution is 2.35. The van der Waals surface area contributed by atoms with Crippen molar-refractivity contribution in [3.05, 3.63) is 34.7 Å². The third kappa shape index (κ3) is 4.87. The summed E-state index contributed by atoms with van der Waals surface area (Å²) in [6.07, 6.45) is 3.43. The Balaban J connectivity index is 1.57. The van der Waals surface area contributed by atoms with E-state index in [0.29, 0.717) is 12.3 Å².